The van der Waals surface area contributed by atoms with Gasteiger partial charge in [0.05, 0.1) is 11.4 Å². The summed E-state index contributed by atoms with van der Waals surface area (Å²) in [6, 6.07) is 106. The molecule has 404 valence electrons. The van der Waals surface area contributed by atoms with E-state index in [1.807, 2.05) is 6.07 Å². The van der Waals surface area contributed by atoms with E-state index in [2.05, 4.69) is 319 Å². The van der Waals surface area contributed by atoms with Crippen molar-refractivity contribution in [3.63, 3.8) is 0 Å². The molecule has 1 aliphatic heterocycles. The van der Waals surface area contributed by atoms with Crippen LogP contribution in [0.3, 0.4) is 0 Å². The van der Waals surface area contributed by atoms with Crippen LogP contribution < -0.4 is 14.5 Å². The topological polar surface area (TPSA) is 28.9 Å². The lowest BCUT2D eigenvalue weighted by atomic mass is 9.84. The van der Waals surface area contributed by atoms with E-state index in [1.54, 1.807) is 0 Å². The van der Waals surface area contributed by atoms with Gasteiger partial charge in [0.2, 0.25) is 0 Å². The average Bonchev–Trinajstić information content (AvgIpc) is 1.18. The van der Waals surface area contributed by atoms with Crippen LogP contribution in [0.5, 0.6) is 5.75 Å². The van der Waals surface area contributed by atoms with Gasteiger partial charge in [-0.15, -0.1) is 0 Å². The lowest BCUT2D eigenvalue weighted by molar-refractivity contribution is 0.269. The molecule has 86 heavy (non-hydrogen) atoms. The van der Waals surface area contributed by atoms with Gasteiger partial charge in [-0.1, -0.05) is 231 Å². The van der Waals surface area contributed by atoms with Crippen molar-refractivity contribution in [3.8, 4) is 50.3 Å². The second kappa shape index (κ2) is 20.3. The lowest BCUT2D eigenvalue weighted by Crippen LogP contribution is -2.16. The summed E-state index contributed by atoms with van der Waals surface area (Å²) < 4.78 is 13.9. The van der Waals surface area contributed by atoms with Gasteiger partial charge in [0.1, 0.15) is 17.4 Å². The molecule has 0 saturated heterocycles. The Hall–Kier alpha value is -11.2. The zero-order valence-corrected chi connectivity index (χ0v) is 46.9. The fraction of sp³-hybridized carbons (Fsp3) is 0.0244. The summed E-state index contributed by atoms with van der Waals surface area (Å²) in [5.74, 6) is 1.03. The van der Waals surface area contributed by atoms with E-state index in [0.29, 0.717) is 0 Å². The Morgan fingerprint density at radius 3 is 1.36 bits per heavy atom. The highest BCUT2D eigenvalue weighted by Gasteiger charge is 2.36. The molecule has 4 nitrogen and oxygen atoms in total. The molecule has 2 unspecified atom stereocenters. The highest BCUT2D eigenvalue weighted by molar-refractivity contribution is 6.24. The monoisotopic (exact) mass is 1100 g/mol. The van der Waals surface area contributed by atoms with Crippen molar-refractivity contribution >= 4 is 99.2 Å². The van der Waals surface area contributed by atoms with Crippen molar-refractivity contribution in [2.24, 2.45) is 0 Å². The van der Waals surface area contributed by atoms with Gasteiger partial charge in [0, 0.05) is 45.0 Å². The molecule has 0 fully saturated rings. The average molecular weight is 1100 g/mol. The quantitative estimate of drug-likeness (QED) is 0.128. The Morgan fingerprint density at radius 2 is 0.756 bits per heavy atom. The van der Waals surface area contributed by atoms with Crippen LogP contribution >= 0.6 is 0 Å². The molecule has 0 saturated carbocycles. The number of fused-ring (bicyclic) bond motifs is 10. The number of rotatable bonds is 10. The molecule has 15 aromatic rings. The van der Waals surface area contributed by atoms with Crippen LogP contribution in [-0.4, -0.2) is 6.10 Å². The molecule has 1 aliphatic carbocycles. The first kappa shape index (κ1) is 49.4. The van der Waals surface area contributed by atoms with Gasteiger partial charge in [-0.25, -0.2) is 0 Å². The molecule has 17 rings (SSSR count). The van der Waals surface area contributed by atoms with Crippen molar-refractivity contribution in [1.82, 2.24) is 0 Å². The third-order valence-corrected chi connectivity index (χ3v) is 17.7. The first-order valence-electron chi connectivity index (χ1n) is 29.6. The number of allylic oxidation sites excluding steroid dienone is 2. The number of hydrogen-bond acceptors (Lipinski definition) is 4. The Morgan fingerprint density at radius 1 is 0.291 bits per heavy atom. The Labute approximate surface area is 498 Å². The van der Waals surface area contributed by atoms with Gasteiger partial charge >= 0.3 is 0 Å². The summed E-state index contributed by atoms with van der Waals surface area (Å²) in [6.07, 6.45) is 8.63. The van der Waals surface area contributed by atoms with Crippen LogP contribution in [0.25, 0.3) is 110 Å². The summed E-state index contributed by atoms with van der Waals surface area (Å²) in [6.45, 7) is 0. The fourth-order valence-electron chi connectivity index (χ4n) is 13.6. The van der Waals surface area contributed by atoms with Crippen LogP contribution in [0.2, 0.25) is 0 Å². The van der Waals surface area contributed by atoms with Crippen LogP contribution in [0.15, 0.2) is 320 Å². The molecule has 0 amide bonds. The minimum Gasteiger partial charge on any atom is -0.483 e. The van der Waals surface area contributed by atoms with E-state index in [9.17, 15) is 0 Å². The molecule has 1 aromatic heterocycles. The van der Waals surface area contributed by atoms with Gasteiger partial charge in [-0.3, -0.25) is 0 Å². The smallest absolute Gasteiger partial charge is 0.159 e. The first-order valence-corrected chi connectivity index (χ1v) is 29.6. The predicted molar refractivity (Wildman–Crippen MR) is 360 cm³/mol. The molecule has 0 spiro atoms. The molecule has 2 aliphatic rings. The fourth-order valence-corrected chi connectivity index (χ4v) is 13.6. The van der Waals surface area contributed by atoms with E-state index in [0.717, 1.165) is 117 Å². The molecule has 0 radical (unpaired) electrons. The van der Waals surface area contributed by atoms with Gasteiger partial charge in [0.25, 0.3) is 0 Å². The Kier molecular flexibility index (Phi) is 11.7. The zero-order chi connectivity index (χ0) is 56.7. The molecule has 4 heteroatoms. The normalized spacial score (nSPS) is 14.3. The summed E-state index contributed by atoms with van der Waals surface area (Å²) >= 11 is 0. The molecule has 2 heterocycles. The largest absolute Gasteiger partial charge is 0.483 e. The van der Waals surface area contributed by atoms with Gasteiger partial charge < -0.3 is 19.0 Å². The lowest BCUT2D eigenvalue weighted by Gasteiger charge is -2.29. The second-order valence-electron chi connectivity index (χ2n) is 22.7. The van der Waals surface area contributed by atoms with E-state index in [1.165, 1.54) is 38.2 Å². The minimum absolute atomic E-state index is 0.0773. The van der Waals surface area contributed by atoms with E-state index in [4.69, 9.17) is 9.15 Å². The zero-order valence-electron chi connectivity index (χ0n) is 46.9. The highest BCUT2D eigenvalue weighted by Crippen LogP contribution is 2.53. The van der Waals surface area contributed by atoms with Crippen molar-refractivity contribution in [2.45, 2.75) is 12.0 Å². The molecule has 2 atom stereocenters. The van der Waals surface area contributed by atoms with E-state index >= 15 is 0 Å². The van der Waals surface area contributed by atoms with Gasteiger partial charge in [-0.05, 0) is 173 Å². The summed E-state index contributed by atoms with van der Waals surface area (Å²) in [4.78, 5) is 4.79. The number of para-hydroxylation sites is 3. The SMILES string of the molecule is C1=CC2Oc3c(cccc3N(c3ccc(-c4ccccc4)cc3)c3ccc4c(-c5ccc6ccccc6c5)c5cc(N(c6ccc(-c7ccccc7)cc6)c6cccc7c6oc6ccccc67)ccc5c(-c5ccc6ccccc6c5)c4c3)C2C=C1. The second-order valence-corrected chi connectivity index (χ2v) is 22.7. The summed E-state index contributed by atoms with van der Waals surface area (Å²) in [7, 11) is 0. The predicted octanol–water partition coefficient (Wildman–Crippen LogP) is 22.8. The summed E-state index contributed by atoms with van der Waals surface area (Å²) in [5.41, 5.74) is 18.2. The third-order valence-electron chi connectivity index (χ3n) is 17.7. The number of ether oxygens (including phenoxy) is 1. The van der Waals surface area contributed by atoms with Crippen molar-refractivity contribution in [1.29, 1.82) is 0 Å². The van der Waals surface area contributed by atoms with Gasteiger partial charge in [0.15, 0.2) is 5.58 Å². The highest BCUT2D eigenvalue weighted by atomic mass is 16.5. The summed E-state index contributed by atoms with van der Waals surface area (Å²) in [5, 5.41) is 11.5. The first-order chi connectivity index (χ1) is 42.6. The maximum absolute atomic E-state index is 7.02. The van der Waals surface area contributed by atoms with Crippen LogP contribution in [-0.2, 0) is 0 Å². The van der Waals surface area contributed by atoms with E-state index in [-0.39, 0.29) is 12.0 Å². The number of anilines is 6. The number of nitrogens with zero attached hydrogens (tertiary/aromatic N) is 2. The van der Waals surface area contributed by atoms with E-state index < -0.39 is 0 Å². The van der Waals surface area contributed by atoms with Gasteiger partial charge in [-0.2, -0.15) is 0 Å². The van der Waals surface area contributed by atoms with Crippen molar-refractivity contribution in [3.05, 3.63) is 321 Å². The minimum atomic E-state index is -0.0773. The molecular formula is C82H54N2O2. The maximum Gasteiger partial charge on any atom is 0.159 e. The van der Waals surface area contributed by atoms with Crippen LogP contribution in [0.1, 0.15) is 11.5 Å². The molecular weight excluding hydrogens is 1040 g/mol. The van der Waals surface area contributed by atoms with Crippen LogP contribution in [0.4, 0.5) is 34.1 Å². The number of hydrogen-bond donors (Lipinski definition) is 0. The molecule has 0 N–H and O–H groups in total. The number of furan rings is 1. The Balaban J connectivity index is 0.949. The molecule has 0 bridgehead atoms. The molecule has 14 aromatic carbocycles. The third kappa shape index (κ3) is 8.29. The van der Waals surface area contributed by atoms with Crippen LogP contribution in [0, 0.1) is 0 Å². The Bertz CT molecular complexity index is 5220. The standard InChI is InChI=1S/C82H54N2O2/c1-3-17-53(18-4-1)57-37-41-63(42-38-57)83(75-29-15-27-71-67-25-11-13-31-77(67)85-81(71)75)65-45-47-69-73(51-65)79(61-35-33-55-21-7-9-23-59(55)49-61)70-48-46-66(52-74(70)80(69)62-36-34-56-22-8-10-24-60(56)50-62)84(64-43-39-58(40-44-64)54-19-5-2-6-20-54)76-30-16-28-72-68-26-12-14-32-78(68)86-82(72)76/h1-52,67,77H. The number of benzene rings is 14. The van der Waals surface area contributed by atoms with Crippen molar-refractivity contribution < 1.29 is 9.15 Å². The van der Waals surface area contributed by atoms with Crippen molar-refractivity contribution in [2.75, 3.05) is 9.80 Å². The maximum atomic E-state index is 7.02.